The molecule has 0 aliphatic rings. The lowest BCUT2D eigenvalue weighted by molar-refractivity contribution is 0.0996. The third-order valence-corrected chi connectivity index (χ3v) is 3.61. The Morgan fingerprint density at radius 3 is 2.58 bits per heavy atom. The molecular weight excluding hydrogens is 339 g/mol. The van der Waals surface area contributed by atoms with Gasteiger partial charge in [0.1, 0.15) is 18.1 Å². The first-order chi connectivity index (χ1) is 12.6. The summed E-state index contributed by atoms with van der Waals surface area (Å²) in [6, 6.07) is 11.2. The zero-order chi connectivity index (χ0) is 18.5. The molecule has 3 N–H and O–H groups in total. The van der Waals surface area contributed by atoms with Crippen LogP contribution in [0.15, 0.2) is 42.5 Å². The van der Waals surface area contributed by atoms with Crippen LogP contribution in [-0.4, -0.2) is 27.9 Å². The van der Waals surface area contributed by atoms with E-state index in [4.69, 9.17) is 15.2 Å². The minimum absolute atomic E-state index is 0.0485. The highest BCUT2D eigenvalue weighted by molar-refractivity contribution is 5.96. The Morgan fingerprint density at radius 2 is 1.88 bits per heavy atom. The lowest BCUT2D eigenvalue weighted by Crippen LogP contribution is -2.12. The van der Waals surface area contributed by atoms with Crippen molar-refractivity contribution in [2.24, 2.45) is 5.73 Å². The number of halogens is 1. The summed E-state index contributed by atoms with van der Waals surface area (Å²) >= 11 is 0. The maximum atomic E-state index is 13.0. The van der Waals surface area contributed by atoms with Gasteiger partial charge < -0.3 is 15.2 Å². The number of aromatic nitrogens is 3. The first-order valence-electron chi connectivity index (χ1n) is 7.93. The summed E-state index contributed by atoms with van der Waals surface area (Å²) in [6.45, 7) is 2.54. The Bertz CT molecular complexity index is 909. The molecule has 0 bridgehead atoms. The minimum Gasteiger partial charge on any atom is -0.490 e. The van der Waals surface area contributed by atoms with Gasteiger partial charge in [-0.1, -0.05) is 12.1 Å². The minimum atomic E-state index is -0.677. The lowest BCUT2D eigenvalue weighted by Gasteiger charge is -2.13. The van der Waals surface area contributed by atoms with Crippen LogP contribution in [0.1, 0.15) is 23.0 Å². The average Bonchev–Trinajstić information content (AvgIpc) is 3.12. The van der Waals surface area contributed by atoms with Gasteiger partial charge in [-0.05, 0) is 42.8 Å². The Hall–Kier alpha value is -3.42. The van der Waals surface area contributed by atoms with Crippen molar-refractivity contribution < 1.29 is 18.7 Å². The van der Waals surface area contributed by atoms with Gasteiger partial charge in [0.15, 0.2) is 17.2 Å². The number of ether oxygens (including phenoxy) is 2. The van der Waals surface area contributed by atoms with Gasteiger partial charge in [-0.15, -0.1) is 0 Å². The van der Waals surface area contributed by atoms with Crippen LogP contribution in [0, 0.1) is 5.82 Å². The number of H-pyrrole nitrogens is 1. The SMILES string of the molecule is CCOc1cc(-c2n[nH]nc2C(N)=O)ccc1OCc1ccc(F)cc1. The van der Waals surface area contributed by atoms with Crippen molar-refractivity contribution >= 4 is 5.91 Å². The van der Waals surface area contributed by atoms with Crippen LogP contribution in [0.4, 0.5) is 4.39 Å². The fourth-order valence-electron chi connectivity index (χ4n) is 2.39. The number of nitrogens with one attached hydrogen (secondary N) is 1. The van der Waals surface area contributed by atoms with E-state index in [1.165, 1.54) is 12.1 Å². The topological polar surface area (TPSA) is 103 Å². The molecule has 2 aromatic carbocycles. The second-order valence-corrected chi connectivity index (χ2v) is 5.39. The molecule has 0 fully saturated rings. The maximum absolute atomic E-state index is 13.0. The van der Waals surface area contributed by atoms with Crippen molar-refractivity contribution in [1.82, 2.24) is 15.4 Å². The number of nitrogens with two attached hydrogens (primary N) is 1. The summed E-state index contributed by atoms with van der Waals surface area (Å²) < 4.78 is 24.4. The first-order valence-corrected chi connectivity index (χ1v) is 7.93. The van der Waals surface area contributed by atoms with Gasteiger partial charge in [-0.2, -0.15) is 15.4 Å². The van der Waals surface area contributed by atoms with Crippen LogP contribution in [0.3, 0.4) is 0 Å². The number of hydrogen-bond donors (Lipinski definition) is 2. The number of rotatable bonds is 7. The Labute approximate surface area is 148 Å². The van der Waals surface area contributed by atoms with Crippen molar-refractivity contribution in [3.05, 3.63) is 59.5 Å². The predicted octanol–water partition coefficient (Wildman–Crippen LogP) is 2.69. The van der Waals surface area contributed by atoms with E-state index in [9.17, 15) is 9.18 Å². The Kier molecular flexibility index (Phi) is 5.12. The number of primary amides is 1. The number of benzene rings is 2. The summed E-state index contributed by atoms with van der Waals surface area (Å²) in [5.74, 6) is 0.0314. The molecule has 0 saturated heterocycles. The van der Waals surface area contributed by atoms with Crippen LogP contribution >= 0.6 is 0 Å². The monoisotopic (exact) mass is 356 g/mol. The summed E-state index contributed by atoms with van der Waals surface area (Å²) in [4.78, 5) is 11.4. The van der Waals surface area contributed by atoms with Gasteiger partial charge in [0.05, 0.1) is 6.61 Å². The van der Waals surface area contributed by atoms with Gasteiger partial charge >= 0.3 is 0 Å². The summed E-state index contributed by atoms with van der Waals surface area (Å²) in [6.07, 6.45) is 0. The number of carbonyl (C=O) groups is 1. The molecule has 0 atom stereocenters. The number of carbonyl (C=O) groups excluding carboxylic acids is 1. The second kappa shape index (κ2) is 7.64. The predicted molar refractivity (Wildman–Crippen MR) is 92.2 cm³/mol. The van der Waals surface area contributed by atoms with Gasteiger partial charge in [0, 0.05) is 5.56 Å². The third-order valence-electron chi connectivity index (χ3n) is 3.61. The largest absolute Gasteiger partial charge is 0.490 e. The second-order valence-electron chi connectivity index (χ2n) is 5.39. The van der Waals surface area contributed by atoms with Gasteiger partial charge in [-0.3, -0.25) is 4.79 Å². The number of aromatic amines is 1. The molecule has 26 heavy (non-hydrogen) atoms. The molecule has 3 aromatic rings. The molecule has 1 heterocycles. The van der Waals surface area contributed by atoms with E-state index in [1.807, 2.05) is 6.92 Å². The van der Waals surface area contributed by atoms with Crippen molar-refractivity contribution in [3.8, 4) is 22.8 Å². The molecule has 3 rings (SSSR count). The van der Waals surface area contributed by atoms with E-state index in [2.05, 4.69) is 15.4 Å². The normalized spacial score (nSPS) is 10.5. The van der Waals surface area contributed by atoms with Crippen LogP contribution in [0.25, 0.3) is 11.3 Å². The summed E-state index contributed by atoms with van der Waals surface area (Å²) in [5.41, 5.74) is 7.13. The summed E-state index contributed by atoms with van der Waals surface area (Å²) in [7, 11) is 0. The van der Waals surface area contributed by atoms with E-state index in [0.29, 0.717) is 29.4 Å². The van der Waals surface area contributed by atoms with Crippen LogP contribution in [-0.2, 0) is 6.61 Å². The van der Waals surface area contributed by atoms with E-state index in [0.717, 1.165) is 5.56 Å². The highest BCUT2D eigenvalue weighted by Gasteiger charge is 2.17. The molecule has 134 valence electrons. The molecular formula is C18H17FN4O3. The standard InChI is InChI=1S/C18H17FN4O3/c1-2-25-15-9-12(16-17(18(20)24)22-23-21-16)5-8-14(15)26-10-11-3-6-13(19)7-4-11/h3-9H,2,10H2,1H3,(H2,20,24)(H,21,22,23). The van der Waals surface area contributed by atoms with Gasteiger partial charge in [0.2, 0.25) is 0 Å². The van der Waals surface area contributed by atoms with Gasteiger partial charge in [0.25, 0.3) is 5.91 Å². The van der Waals surface area contributed by atoms with E-state index < -0.39 is 5.91 Å². The van der Waals surface area contributed by atoms with Crippen molar-refractivity contribution in [2.75, 3.05) is 6.61 Å². The first kappa shape index (κ1) is 17.4. The van der Waals surface area contributed by atoms with E-state index >= 15 is 0 Å². The fourth-order valence-corrected chi connectivity index (χ4v) is 2.39. The fraction of sp³-hybridized carbons (Fsp3) is 0.167. The molecule has 0 aliphatic carbocycles. The van der Waals surface area contributed by atoms with Crippen LogP contribution in [0.5, 0.6) is 11.5 Å². The van der Waals surface area contributed by atoms with Gasteiger partial charge in [-0.25, -0.2) is 4.39 Å². The number of amides is 1. The smallest absolute Gasteiger partial charge is 0.271 e. The maximum Gasteiger partial charge on any atom is 0.271 e. The molecule has 0 unspecified atom stereocenters. The Balaban J connectivity index is 1.85. The molecule has 0 spiro atoms. The zero-order valence-electron chi connectivity index (χ0n) is 14.0. The zero-order valence-corrected chi connectivity index (χ0v) is 14.0. The molecule has 1 aromatic heterocycles. The number of hydrogen-bond acceptors (Lipinski definition) is 5. The van der Waals surface area contributed by atoms with Crippen LogP contribution in [0.2, 0.25) is 0 Å². The molecule has 0 aliphatic heterocycles. The van der Waals surface area contributed by atoms with Crippen LogP contribution < -0.4 is 15.2 Å². The lowest BCUT2D eigenvalue weighted by atomic mass is 10.1. The third kappa shape index (κ3) is 3.80. The highest BCUT2D eigenvalue weighted by atomic mass is 19.1. The quantitative estimate of drug-likeness (QED) is 0.677. The van der Waals surface area contributed by atoms with E-state index in [1.54, 1.807) is 30.3 Å². The van der Waals surface area contributed by atoms with Crippen molar-refractivity contribution in [2.45, 2.75) is 13.5 Å². The molecule has 0 radical (unpaired) electrons. The number of nitrogens with zero attached hydrogens (tertiary/aromatic N) is 2. The summed E-state index contributed by atoms with van der Waals surface area (Å²) in [5, 5.41) is 10.1. The highest BCUT2D eigenvalue weighted by Crippen LogP contribution is 2.33. The van der Waals surface area contributed by atoms with E-state index in [-0.39, 0.29) is 18.1 Å². The average molecular weight is 356 g/mol. The Morgan fingerprint density at radius 1 is 1.12 bits per heavy atom. The molecule has 8 heteroatoms. The molecule has 0 saturated carbocycles. The molecule has 7 nitrogen and oxygen atoms in total. The van der Waals surface area contributed by atoms with Crippen molar-refractivity contribution in [1.29, 1.82) is 0 Å². The molecule has 1 amide bonds. The van der Waals surface area contributed by atoms with Crippen molar-refractivity contribution in [3.63, 3.8) is 0 Å².